The summed E-state index contributed by atoms with van der Waals surface area (Å²) in [6.45, 7) is 7.67. The smallest absolute Gasteiger partial charge is 0.264 e. The Hall–Kier alpha value is -3.36. The summed E-state index contributed by atoms with van der Waals surface area (Å²) in [6, 6.07) is 19.8. The molecule has 0 aliphatic heterocycles. The van der Waals surface area contributed by atoms with Crippen LogP contribution in [0.25, 0.3) is 0 Å². The number of rotatable bonds is 12. The molecule has 0 radical (unpaired) electrons. The summed E-state index contributed by atoms with van der Waals surface area (Å²) < 4.78 is 28.9. The van der Waals surface area contributed by atoms with Crippen LogP contribution in [0.5, 0.6) is 0 Å². The van der Waals surface area contributed by atoms with Crippen molar-refractivity contribution >= 4 is 39.1 Å². The highest BCUT2D eigenvalue weighted by molar-refractivity contribution is 7.92. The van der Waals surface area contributed by atoms with E-state index in [4.69, 9.17) is 11.6 Å². The Morgan fingerprint density at radius 2 is 1.67 bits per heavy atom. The normalized spacial score (nSPS) is 12.0. The van der Waals surface area contributed by atoms with Gasteiger partial charge in [-0.2, -0.15) is 0 Å². The molecule has 0 saturated heterocycles. The molecule has 1 atom stereocenters. The van der Waals surface area contributed by atoms with Crippen molar-refractivity contribution in [1.82, 2.24) is 10.2 Å². The van der Waals surface area contributed by atoms with E-state index in [1.54, 1.807) is 43.3 Å². The molecular formula is C30H36ClN3O4S. The van der Waals surface area contributed by atoms with Crippen molar-refractivity contribution < 1.29 is 18.0 Å². The minimum atomic E-state index is -4.12. The molecule has 7 nitrogen and oxygen atoms in total. The quantitative estimate of drug-likeness (QED) is 0.313. The van der Waals surface area contributed by atoms with Crippen LogP contribution in [0.15, 0.2) is 77.7 Å². The summed E-state index contributed by atoms with van der Waals surface area (Å²) in [6.07, 6.45) is 1.13. The fourth-order valence-electron chi connectivity index (χ4n) is 4.42. The topological polar surface area (TPSA) is 86.8 Å². The molecule has 0 aliphatic carbocycles. The van der Waals surface area contributed by atoms with Crippen LogP contribution in [-0.4, -0.2) is 44.3 Å². The van der Waals surface area contributed by atoms with Gasteiger partial charge in [0, 0.05) is 18.1 Å². The first kappa shape index (κ1) is 30.2. The summed E-state index contributed by atoms with van der Waals surface area (Å²) in [5, 5.41) is 3.35. The Labute approximate surface area is 236 Å². The van der Waals surface area contributed by atoms with Crippen molar-refractivity contribution in [3.63, 3.8) is 0 Å². The molecule has 0 aliphatic rings. The summed E-state index contributed by atoms with van der Waals surface area (Å²) in [5.41, 5.74) is 2.82. The van der Waals surface area contributed by atoms with E-state index >= 15 is 0 Å². The van der Waals surface area contributed by atoms with Gasteiger partial charge >= 0.3 is 0 Å². The molecule has 3 aromatic carbocycles. The van der Waals surface area contributed by atoms with Gasteiger partial charge < -0.3 is 10.2 Å². The van der Waals surface area contributed by atoms with E-state index < -0.39 is 28.5 Å². The van der Waals surface area contributed by atoms with Crippen LogP contribution in [0.4, 0.5) is 5.69 Å². The third kappa shape index (κ3) is 7.61. The minimum absolute atomic E-state index is 0.0603. The fourth-order valence-corrected chi connectivity index (χ4v) is 6.15. The standard InChI is InChI=1S/C30H36ClN3O4S/c1-5-17-32-30(36)27(6-2)33(20-24-12-10-11-22(3)18-24)29(35)21-34(28-16-15-25(31)19-23(28)4)39(37,38)26-13-8-7-9-14-26/h7-16,18-19,27H,5-6,17,20-21H2,1-4H3,(H,32,36)/t27-/m0/s1. The molecule has 0 spiro atoms. The van der Waals surface area contributed by atoms with Crippen molar-refractivity contribution in [2.75, 3.05) is 17.4 Å². The average Bonchev–Trinajstić information content (AvgIpc) is 2.91. The van der Waals surface area contributed by atoms with Gasteiger partial charge in [0.1, 0.15) is 12.6 Å². The van der Waals surface area contributed by atoms with Gasteiger partial charge in [0.2, 0.25) is 11.8 Å². The molecule has 1 N–H and O–H groups in total. The maximum atomic E-state index is 14.1. The lowest BCUT2D eigenvalue weighted by atomic mass is 10.1. The molecule has 0 bridgehead atoms. The number of carbonyl (C=O) groups is 2. The van der Waals surface area contributed by atoms with E-state index in [1.807, 2.05) is 45.0 Å². The molecule has 0 aromatic heterocycles. The van der Waals surface area contributed by atoms with E-state index in [1.165, 1.54) is 17.0 Å². The lowest BCUT2D eigenvalue weighted by Gasteiger charge is -2.33. The summed E-state index contributed by atoms with van der Waals surface area (Å²) >= 11 is 6.16. The van der Waals surface area contributed by atoms with Crippen LogP contribution >= 0.6 is 11.6 Å². The van der Waals surface area contributed by atoms with Crippen LogP contribution in [-0.2, 0) is 26.2 Å². The molecule has 3 rings (SSSR count). The number of nitrogens with one attached hydrogen (secondary N) is 1. The lowest BCUT2D eigenvalue weighted by molar-refractivity contribution is -0.140. The maximum absolute atomic E-state index is 14.1. The summed E-state index contributed by atoms with van der Waals surface area (Å²) in [4.78, 5) is 28.8. The largest absolute Gasteiger partial charge is 0.354 e. The molecule has 0 heterocycles. The summed E-state index contributed by atoms with van der Waals surface area (Å²) in [7, 11) is -4.12. The average molecular weight is 570 g/mol. The van der Waals surface area contributed by atoms with Crippen LogP contribution in [0.1, 0.15) is 43.4 Å². The van der Waals surface area contributed by atoms with Gasteiger partial charge in [-0.05, 0) is 68.1 Å². The second-order valence-corrected chi connectivity index (χ2v) is 11.8. The molecule has 3 aromatic rings. The van der Waals surface area contributed by atoms with Crippen LogP contribution in [0.2, 0.25) is 5.02 Å². The highest BCUT2D eigenvalue weighted by Crippen LogP contribution is 2.29. The zero-order chi connectivity index (χ0) is 28.6. The Balaban J connectivity index is 2.07. The van der Waals surface area contributed by atoms with Gasteiger partial charge in [0.25, 0.3) is 10.0 Å². The maximum Gasteiger partial charge on any atom is 0.264 e. The first-order valence-corrected chi connectivity index (χ1v) is 14.9. The molecule has 0 unspecified atom stereocenters. The first-order chi connectivity index (χ1) is 18.6. The number of amides is 2. The number of aryl methyl sites for hydroxylation is 2. The van der Waals surface area contributed by atoms with Gasteiger partial charge in [0.05, 0.1) is 10.6 Å². The van der Waals surface area contributed by atoms with E-state index in [-0.39, 0.29) is 17.3 Å². The highest BCUT2D eigenvalue weighted by atomic mass is 35.5. The third-order valence-corrected chi connectivity index (χ3v) is 8.42. The minimum Gasteiger partial charge on any atom is -0.354 e. The number of hydrogen-bond donors (Lipinski definition) is 1. The summed E-state index contributed by atoms with van der Waals surface area (Å²) in [5.74, 6) is -0.746. The fraction of sp³-hybridized carbons (Fsp3) is 0.333. The first-order valence-electron chi connectivity index (χ1n) is 13.0. The highest BCUT2D eigenvalue weighted by Gasteiger charge is 2.34. The molecule has 0 saturated carbocycles. The van der Waals surface area contributed by atoms with Crippen molar-refractivity contribution in [3.8, 4) is 0 Å². The van der Waals surface area contributed by atoms with E-state index in [0.717, 1.165) is 21.9 Å². The number of sulfonamides is 1. The number of anilines is 1. The molecule has 0 fully saturated rings. The second kappa shape index (κ2) is 13.6. The van der Waals surface area contributed by atoms with Gasteiger partial charge in [-0.15, -0.1) is 0 Å². The van der Waals surface area contributed by atoms with Crippen molar-refractivity contribution in [2.45, 2.75) is 58.0 Å². The molecule has 208 valence electrons. The third-order valence-electron chi connectivity index (χ3n) is 6.41. The van der Waals surface area contributed by atoms with Gasteiger partial charge in [-0.3, -0.25) is 13.9 Å². The van der Waals surface area contributed by atoms with Gasteiger partial charge in [0.15, 0.2) is 0 Å². The monoisotopic (exact) mass is 569 g/mol. The predicted octanol–water partition coefficient (Wildman–Crippen LogP) is 5.49. The number of halogens is 1. The zero-order valence-corrected chi connectivity index (χ0v) is 24.4. The number of nitrogens with zero attached hydrogens (tertiary/aromatic N) is 2. The number of benzene rings is 3. The molecule has 39 heavy (non-hydrogen) atoms. The van der Waals surface area contributed by atoms with E-state index in [2.05, 4.69) is 5.32 Å². The number of carbonyl (C=O) groups excluding carboxylic acids is 2. The predicted molar refractivity (Wildman–Crippen MR) is 156 cm³/mol. The Kier molecular flexibility index (Phi) is 10.5. The van der Waals surface area contributed by atoms with Crippen LogP contribution in [0, 0.1) is 13.8 Å². The Morgan fingerprint density at radius 3 is 2.28 bits per heavy atom. The molecule has 2 amide bonds. The van der Waals surface area contributed by atoms with E-state index in [0.29, 0.717) is 29.2 Å². The van der Waals surface area contributed by atoms with Gasteiger partial charge in [-0.1, -0.05) is 73.5 Å². The van der Waals surface area contributed by atoms with E-state index in [9.17, 15) is 18.0 Å². The van der Waals surface area contributed by atoms with Crippen LogP contribution < -0.4 is 9.62 Å². The van der Waals surface area contributed by atoms with Crippen molar-refractivity contribution in [3.05, 3.63) is 94.5 Å². The van der Waals surface area contributed by atoms with Crippen molar-refractivity contribution in [2.24, 2.45) is 0 Å². The zero-order valence-electron chi connectivity index (χ0n) is 22.9. The lowest BCUT2D eigenvalue weighted by Crippen LogP contribution is -2.52. The van der Waals surface area contributed by atoms with Crippen LogP contribution in [0.3, 0.4) is 0 Å². The molecule has 9 heteroatoms. The van der Waals surface area contributed by atoms with Gasteiger partial charge in [-0.25, -0.2) is 8.42 Å². The second-order valence-electron chi connectivity index (χ2n) is 9.48. The Morgan fingerprint density at radius 1 is 0.949 bits per heavy atom. The Bertz CT molecular complexity index is 1400. The number of hydrogen-bond acceptors (Lipinski definition) is 4. The molecular weight excluding hydrogens is 534 g/mol. The SMILES string of the molecule is CCCNC(=O)[C@H](CC)N(Cc1cccc(C)c1)C(=O)CN(c1ccc(Cl)cc1C)S(=O)(=O)c1ccccc1. The van der Waals surface area contributed by atoms with Crippen molar-refractivity contribution in [1.29, 1.82) is 0 Å².